The van der Waals surface area contributed by atoms with E-state index in [2.05, 4.69) is 10.6 Å². The first-order valence-corrected chi connectivity index (χ1v) is 6.42. The van der Waals surface area contributed by atoms with Crippen LogP contribution in [0, 0.1) is 0 Å². The summed E-state index contributed by atoms with van der Waals surface area (Å²) in [5, 5.41) is 5.58. The quantitative estimate of drug-likeness (QED) is 0.650. The number of hydrogen-bond donors (Lipinski definition) is 3. The fourth-order valence-electron chi connectivity index (χ4n) is 2.74. The van der Waals surface area contributed by atoms with Crippen molar-refractivity contribution in [3.05, 3.63) is 0 Å². The second-order valence-corrected chi connectivity index (χ2v) is 5.37. The number of nitrogens with one attached hydrogen (secondary N) is 2. The van der Waals surface area contributed by atoms with Crippen LogP contribution in [-0.4, -0.2) is 29.9 Å². The van der Waals surface area contributed by atoms with Crippen LogP contribution in [0.3, 0.4) is 0 Å². The summed E-state index contributed by atoms with van der Waals surface area (Å²) >= 11 is 0. The molecule has 2 rings (SSSR count). The van der Waals surface area contributed by atoms with Gasteiger partial charge in [0.05, 0.1) is 6.04 Å². The Bertz CT molecular complexity index is 311. The van der Waals surface area contributed by atoms with Crippen molar-refractivity contribution in [3.8, 4) is 0 Å². The maximum atomic E-state index is 11.8. The third kappa shape index (κ3) is 3.43. The third-order valence-corrected chi connectivity index (χ3v) is 3.70. The average Bonchev–Trinajstić information content (AvgIpc) is 2.63. The van der Waals surface area contributed by atoms with Crippen LogP contribution in [0.5, 0.6) is 0 Å². The molecule has 0 spiro atoms. The molecule has 0 radical (unpaired) electrons. The molecule has 0 aromatic heterocycles. The van der Waals surface area contributed by atoms with Gasteiger partial charge in [-0.25, -0.2) is 0 Å². The van der Waals surface area contributed by atoms with Gasteiger partial charge < -0.3 is 16.4 Å². The molecular formula is C12H21N3O2. The van der Waals surface area contributed by atoms with E-state index in [0.717, 1.165) is 25.7 Å². The van der Waals surface area contributed by atoms with Gasteiger partial charge in [0.25, 0.3) is 0 Å². The highest BCUT2D eigenvalue weighted by molar-refractivity contribution is 5.82. The van der Waals surface area contributed by atoms with Crippen LogP contribution in [0.15, 0.2) is 0 Å². The predicted molar refractivity (Wildman–Crippen MR) is 64.2 cm³/mol. The van der Waals surface area contributed by atoms with Crippen LogP contribution < -0.4 is 16.4 Å². The monoisotopic (exact) mass is 239 g/mol. The summed E-state index contributed by atoms with van der Waals surface area (Å²) in [7, 11) is 0. The summed E-state index contributed by atoms with van der Waals surface area (Å²) in [6.07, 6.45) is 6.10. The molecule has 17 heavy (non-hydrogen) atoms. The highest BCUT2D eigenvalue weighted by Gasteiger charge is 2.31. The number of carbonyl (C=O) groups is 2. The Morgan fingerprint density at radius 1 is 1.41 bits per heavy atom. The van der Waals surface area contributed by atoms with Crippen molar-refractivity contribution in [2.24, 2.45) is 5.73 Å². The Morgan fingerprint density at radius 2 is 2.12 bits per heavy atom. The number of carbonyl (C=O) groups excluding carboxylic acids is 2. The lowest BCUT2D eigenvalue weighted by Crippen LogP contribution is -2.47. The number of nitrogens with two attached hydrogens (primary N) is 1. The fraction of sp³-hybridized carbons (Fsp3) is 0.833. The Hall–Kier alpha value is -1.10. The van der Waals surface area contributed by atoms with Crippen LogP contribution in [-0.2, 0) is 9.59 Å². The first kappa shape index (κ1) is 12.4. The molecule has 96 valence electrons. The zero-order chi connectivity index (χ0) is 12.3. The lowest BCUT2D eigenvalue weighted by Gasteiger charge is -2.33. The summed E-state index contributed by atoms with van der Waals surface area (Å²) in [4.78, 5) is 22.8. The molecule has 5 heteroatoms. The van der Waals surface area contributed by atoms with Gasteiger partial charge in [0.1, 0.15) is 0 Å². The van der Waals surface area contributed by atoms with Gasteiger partial charge in [0.2, 0.25) is 11.8 Å². The first-order valence-electron chi connectivity index (χ1n) is 6.42. The molecule has 2 fully saturated rings. The summed E-state index contributed by atoms with van der Waals surface area (Å²) in [6, 6.07) is -0.0535. The molecule has 2 aliphatic rings. The summed E-state index contributed by atoms with van der Waals surface area (Å²) in [5.74, 6) is -0.00803. The van der Waals surface area contributed by atoms with Crippen molar-refractivity contribution < 1.29 is 9.59 Å². The van der Waals surface area contributed by atoms with Gasteiger partial charge in [-0.15, -0.1) is 0 Å². The molecule has 1 aliphatic carbocycles. The van der Waals surface area contributed by atoms with E-state index < -0.39 is 0 Å². The van der Waals surface area contributed by atoms with Crippen LogP contribution in [0.4, 0.5) is 0 Å². The largest absolute Gasteiger partial charge is 0.354 e. The molecule has 1 aliphatic heterocycles. The van der Waals surface area contributed by atoms with E-state index in [9.17, 15) is 9.59 Å². The maximum Gasteiger partial charge on any atom is 0.222 e. The number of amides is 2. The van der Waals surface area contributed by atoms with Gasteiger partial charge >= 0.3 is 0 Å². The minimum absolute atomic E-state index is 0.00966. The standard InChI is InChI=1S/C12H21N3O2/c13-12(4-2-1-3-5-12)7-11(17)15-9-6-10(16)14-8-9/h9H,1-8,13H2,(H,14,16)(H,15,17). The number of hydrogen-bond acceptors (Lipinski definition) is 3. The van der Waals surface area contributed by atoms with Gasteiger partial charge in [-0.1, -0.05) is 19.3 Å². The molecule has 0 aromatic rings. The Balaban J connectivity index is 1.78. The fourth-order valence-corrected chi connectivity index (χ4v) is 2.74. The van der Waals surface area contributed by atoms with Crippen molar-refractivity contribution in [1.29, 1.82) is 0 Å². The van der Waals surface area contributed by atoms with E-state index >= 15 is 0 Å². The van der Waals surface area contributed by atoms with Gasteiger partial charge in [-0.05, 0) is 12.8 Å². The minimum Gasteiger partial charge on any atom is -0.354 e. The van der Waals surface area contributed by atoms with Crippen molar-refractivity contribution in [3.63, 3.8) is 0 Å². The normalized spacial score (nSPS) is 27.6. The van der Waals surface area contributed by atoms with E-state index in [0.29, 0.717) is 19.4 Å². The number of rotatable bonds is 3. The van der Waals surface area contributed by atoms with E-state index in [1.807, 2.05) is 0 Å². The molecule has 1 unspecified atom stereocenters. The third-order valence-electron chi connectivity index (χ3n) is 3.70. The molecule has 1 heterocycles. The molecule has 2 amide bonds. The molecule has 4 N–H and O–H groups in total. The molecule has 0 aromatic carbocycles. The lowest BCUT2D eigenvalue weighted by atomic mass is 9.80. The first-order chi connectivity index (χ1) is 8.07. The minimum atomic E-state index is -0.321. The average molecular weight is 239 g/mol. The summed E-state index contributed by atoms with van der Waals surface area (Å²) in [6.45, 7) is 0.544. The molecular weight excluding hydrogens is 218 g/mol. The molecule has 1 atom stereocenters. The SMILES string of the molecule is NC1(CC(=O)NC2CNC(=O)C2)CCCCC1. The van der Waals surface area contributed by atoms with Crippen LogP contribution >= 0.6 is 0 Å². The molecule has 0 bridgehead atoms. The Morgan fingerprint density at radius 3 is 2.71 bits per heavy atom. The van der Waals surface area contributed by atoms with E-state index in [-0.39, 0.29) is 23.4 Å². The molecule has 1 saturated heterocycles. The Kier molecular flexibility index (Phi) is 3.66. The van der Waals surface area contributed by atoms with Gasteiger partial charge in [0.15, 0.2) is 0 Å². The van der Waals surface area contributed by atoms with Crippen molar-refractivity contribution in [2.45, 2.75) is 56.5 Å². The maximum absolute atomic E-state index is 11.8. The van der Waals surface area contributed by atoms with Gasteiger partial charge in [-0.3, -0.25) is 9.59 Å². The van der Waals surface area contributed by atoms with E-state index in [4.69, 9.17) is 5.73 Å². The van der Waals surface area contributed by atoms with Crippen LogP contribution in [0.1, 0.15) is 44.9 Å². The van der Waals surface area contributed by atoms with Crippen LogP contribution in [0.2, 0.25) is 0 Å². The highest BCUT2D eigenvalue weighted by atomic mass is 16.2. The summed E-state index contributed by atoms with van der Waals surface area (Å²) in [5.41, 5.74) is 5.90. The second kappa shape index (κ2) is 5.04. The Labute approximate surface area is 102 Å². The lowest BCUT2D eigenvalue weighted by molar-refractivity contribution is -0.123. The van der Waals surface area contributed by atoms with Gasteiger partial charge in [0, 0.05) is 24.9 Å². The van der Waals surface area contributed by atoms with Crippen LogP contribution in [0.25, 0.3) is 0 Å². The summed E-state index contributed by atoms with van der Waals surface area (Å²) < 4.78 is 0. The van der Waals surface area contributed by atoms with E-state index in [1.54, 1.807) is 0 Å². The van der Waals surface area contributed by atoms with Crippen molar-refractivity contribution in [1.82, 2.24) is 10.6 Å². The second-order valence-electron chi connectivity index (χ2n) is 5.37. The smallest absolute Gasteiger partial charge is 0.222 e. The predicted octanol–water partition coefficient (Wildman–Crippen LogP) is 0.0428. The van der Waals surface area contributed by atoms with Crippen molar-refractivity contribution in [2.75, 3.05) is 6.54 Å². The molecule has 5 nitrogen and oxygen atoms in total. The molecule has 1 saturated carbocycles. The zero-order valence-corrected chi connectivity index (χ0v) is 10.1. The topological polar surface area (TPSA) is 84.2 Å². The van der Waals surface area contributed by atoms with Crippen molar-refractivity contribution >= 4 is 11.8 Å². The van der Waals surface area contributed by atoms with Gasteiger partial charge in [-0.2, -0.15) is 0 Å². The highest BCUT2D eigenvalue weighted by Crippen LogP contribution is 2.28. The zero-order valence-electron chi connectivity index (χ0n) is 10.1. The van der Waals surface area contributed by atoms with E-state index in [1.165, 1.54) is 6.42 Å².